The van der Waals surface area contributed by atoms with E-state index in [2.05, 4.69) is 13.5 Å². The highest BCUT2D eigenvalue weighted by Gasteiger charge is 1.98. The number of allylic oxidation sites excluding steroid dienone is 1. The lowest BCUT2D eigenvalue weighted by molar-refractivity contribution is -0.133. The van der Waals surface area contributed by atoms with E-state index in [9.17, 15) is 4.79 Å². The summed E-state index contributed by atoms with van der Waals surface area (Å²) in [6, 6.07) is 0. The van der Waals surface area contributed by atoms with Gasteiger partial charge in [-0.05, 0) is 25.8 Å². The summed E-state index contributed by atoms with van der Waals surface area (Å²) in [5.41, 5.74) is 0.442. The van der Waals surface area contributed by atoms with Gasteiger partial charge in [0.2, 0.25) is 0 Å². The van der Waals surface area contributed by atoms with Crippen LogP contribution in [0.4, 0.5) is 0 Å². The summed E-state index contributed by atoms with van der Waals surface area (Å²) in [6.45, 7) is 7.49. The van der Waals surface area contributed by atoms with Gasteiger partial charge in [-0.15, -0.1) is 0 Å². The standard InChI is InChI=1S/C24H44O2/c1-4-5-6-7-8-9-10-11-12-13-14-15-16-17-18-19-20-21-22-26-24(25)23(2)3/h21-22H,2,4-20H2,1,3H3. The first-order valence-corrected chi connectivity index (χ1v) is 11.2. The normalized spacial score (nSPS) is 11.2. The van der Waals surface area contributed by atoms with Gasteiger partial charge in [-0.1, -0.05) is 110 Å². The molecular formula is C24H44O2. The van der Waals surface area contributed by atoms with Crippen LogP contribution in [0.1, 0.15) is 123 Å². The summed E-state index contributed by atoms with van der Waals surface area (Å²) >= 11 is 0. The lowest BCUT2D eigenvalue weighted by Gasteiger charge is -2.03. The van der Waals surface area contributed by atoms with Gasteiger partial charge in [-0.25, -0.2) is 4.79 Å². The van der Waals surface area contributed by atoms with Crippen molar-refractivity contribution in [2.24, 2.45) is 0 Å². The fourth-order valence-electron chi connectivity index (χ4n) is 3.09. The fourth-order valence-corrected chi connectivity index (χ4v) is 3.09. The Morgan fingerprint density at radius 1 is 0.731 bits per heavy atom. The molecule has 0 heterocycles. The van der Waals surface area contributed by atoms with Crippen LogP contribution in [0.25, 0.3) is 0 Å². The zero-order valence-corrected chi connectivity index (χ0v) is 17.7. The molecule has 2 nitrogen and oxygen atoms in total. The van der Waals surface area contributed by atoms with E-state index >= 15 is 0 Å². The Labute approximate surface area is 163 Å². The van der Waals surface area contributed by atoms with Crippen LogP contribution in [0.3, 0.4) is 0 Å². The van der Waals surface area contributed by atoms with Gasteiger partial charge in [0.15, 0.2) is 0 Å². The second-order valence-electron chi connectivity index (χ2n) is 7.65. The topological polar surface area (TPSA) is 26.3 Å². The first-order valence-electron chi connectivity index (χ1n) is 11.2. The molecule has 152 valence electrons. The quantitative estimate of drug-likeness (QED) is 0.0997. The smallest absolute Gasteiger partial charge is 0.337 e. The lowest BCUT2D eigenvalue weighted by atomic mass is 10.0. The number of hydrogen-bond acceptors (Lipinski definition) is 2. The molecule has 0 aliphatic heterocycles. The van der Waals surface area contributed by atoms with Gasteiger partial charge in [-0.3, -0.25) is 0 Å². The van der Waals surface area contributed by atoms with Gasteiger partial charge < -0.3 is 4.74 Å². The highest BCUT2D eigenvalue weighted by molar-refractivity contribution is 5.87. The first kappa shape index (κ1) is 24.9. The summed E-state index contributed by atoms with van der Waals surface area (Å²) in [4.78, 5) is 11.2. The van der Waals surface area contributed by atoms with Crippen LogP contribution in [-0.2, 0) is 9.53 Å². The van der Waals surface area contributed by atoms with Crippen molar-refractivity contribution in [3.8, 4) is 0 Å². The molecule has 0 fully saturated rings. The molecule has 0 unspecified atom stereocenters. The van der Waals surface area contributed by atoms with E-state index in [1.165, 1.54) is 109 Å². The summed E-state index contributed by atoms with van der Waals surface area (Å²) in [5.74, 6) is -0.340. The summed E-state index contributed by atoms with van der Waals surface area (Å²) in [5, 5.41) is 0. The maximum atomic E-state index is 11.2. The average molecular weight is 365 g/mol. The molecule has 2 heteroatoms. The Hall–Kier alpha value is -1.05. The van der Waals surface area contributed by atoms with E-state index < -0.39 is 0 Å². The molecule has 0 aliphatic carbocycles. The van der Waals surface area contributed by atoms with Gasteiger partial charge in [-0.2, -0.15) is 0 Å². The minimum absolute atomic E-state index is 0.340. The van der Waals surface area contributed by atoms with Gasteiger partial charge in [0, 0.05) is 5.57 Å². The SMILES string of the molecule is C=C(C)C(=O)OC=CCCCCCCCCCCCCCCCCCC. The van der Waals surface area contributed by atoms with Crippen LogP contribution in [0, 0.1) is 0 Å². The van der Waals surface area contributed by atoms with Crippen LogP contribution < -0.4 is 0 Å². The zero-order valence-electron chi connectivity index (χ0n) is 17.7. The highest BCUT2D eigenvalue weighted by Crippen LogP contribution is 2.14. The molecule has 0 saturated heterocycles. The van der Waals surface area contributed by atoms with Crippen molar-refractivity contribution in [1.82, 2.24) is 0 Å². The Bertz CT molecular complexity index is 357. The molecule has 0 aromatic heterocycles. The lowest BCUT2D eigenvalue weighted by Crippen LogP contribution is -1.98. The molecule has 0 aliphatic rings. The van der Waals surface area contributed by atoms with Crippen molar-refractivity contribution in [1.29, 1.82) is 0 Å². The molecule has 0 amide bonds. The van der Waals surface area contributed by atoms with E-state index in [1.807, 2.05) is 6.08 Å². The zero-order chi connectivity index (χ0) is 19.3. The van der Waals surface area contributed by atoms with Crippen molar-refractivity contribution in [3.63, 3.8) is 0 Å². The van der Waals surface area contributed by atoms with Crippen molar-refractivity contribution in [3.05, 3.63) is 24.5 Å². The average Bonchev–Trinajstić information content (AvgIpc) is 2.63. The molecule has 0 radical (unpaired) electrons. The third-order valence-electron chi connectivity index (χ3n) is 4.84. The molecule has 0 aromatic rings. The number of ether oxygens (including phenoxy) is 1. The molecule has 0 bridgehead atoms. The Kier molecular flexibility index (Phi) is 19.4. The largest absolute Gasteiger partial charge is 0.431 e. The van der Waals surface area contributed by atoms with Gasteiger partial charge in [0.1, 0.15) is 0 Å². The van der Waals surface area contributed by atoms with E-state index in [1.54, 1.807) is 6.92 Å². The second-order valence-corrected chi connectivity index (χ2v) is 7.65. The molecular weight excluding hydrogens is 320 g/mol. The van der Waals surface area contributed by atoms with Crippen molar-refractivity contribution < 1.29 is 9.53 Å². The van der Waals surface area contributed by atoms with Crippen LogP contribution in [0.5, 0.6) is 0 Å². The predicted molar refractivity (Wildman–Crippen MR) is 114 cm³/mol. The number of esters is 1. The number of rotatable bonds is 19. The maximum Gasteiger partial charge on any atom is 0.337 e. The maximum absolute atomic E-state index is 11.2. The van der Waals surface area contributed by atoms with Crippen molar-refractivity contribution >= 4 is 5.97 Å². The van der Waals surface area contributed by atoms with Crippen molar-refractivity contribution in [2.75, 3.05) is 0 Å². The van der Waals surface area contributed by atoms with Crippen LogP contribution in [0.15, 0.2) is 24.5 Å². The number of carbonyl (C=O) groups is 1. The third kappa shape index (κ3) is 19.3. The fraction of sp³-hybridized carbons (Fsp3) is 0.792. The molecule has 0 N–H and O–H groups in total. The number of carbonyl (C=O) groups excluding carboxylic acids is 1. The molecule has 0 atom stereocenters. The van der Waals surface area contributed by atoms with Crippen LogP contribution >= 0.6 is 0 Å². The second kappa shape index (κ2) is 20.3. The summed E-state index contributed by atoms with van der Waals surface area (Å²) < 4.78 is 4.91. The van der Waals surface area contributed by atoms with Gasteiger partial charge >= 0.3 is 5.97 Å². The molecule has 26 heavy (non-hydrogen) atoms. The molecule has 0 rings (SSSR count). The van der Waals surface area contributed by atoms with Crippen molar-refractivity contribution in [2.45, 2.75) is 123 Å². The summed E-state index contributed by atoms with van der Waals surface area (Å²) in [7, 11) is 0. The number of hydrogen-bond donors (Lipinski definition) is 0. The first-order chi connectivity index (χ1) is 12.7. The minimum atomic E-state index is -0.340. The van der Waals surface area contributed by atoms with E-state index in [0.29, 0.717) is 5.57 Å². The monoisotopic (exact) mass is 364 g/mol. The highest BCUT2D eigenvalue weighted by atomic mass is 16.5. The Morgan fingerprint density at radius 3 is 1.50 bits per heavy atom. The molecule has 0 saturated carbocycles. The van der Waals surface area contributed by atoms with Gasteiger partial charge in [0.25, 0.3) is 0 Å². The van der Waals surface area contributed by atoms with E-state index in [-0.39, 0.29) is 5.97 Å². The molecule has 0 aromatic carbocycles. The number of unbranched alkanes of at least 4 members (excludes halogenated alkanes) is 16. The van der Waals surface area contributed by atoms with Gasteiger partial charge in [0.05, 0.1) is 6.26 Å². The minimum Gasteiger partial charge on any atom is -0.431 e. The van der Waals surface area contributed by atoms with E-state index in [0.717, 1.165) is 6.42 Å². The predicted octanol–water partition coefficient (Wildman–Crippen LogP) is 8.27. The van der Waals surface area contributed by atoms with E-state index in [4.69, 9.17) is 4.74 Å². The van der Waals surface area contributed by atoms with Crippen LogP contribution in [0.2, 0.25) is 0 Å². The Morgan fingerprint density at radius 2 is 1.12 bits per heavy atom. The molecule has 0 spiro atoms. The summed E-state index contributed by atoms with van der Waals surface area (Å²) in [6.07, 6.45) is 26.7. The van der Waals surface area contributed by atoms with Crippen LogP contribution in [-0.4, -0.2) is 5.97 Å². The Balaban J connectivity index is 3.12. The third-order valence-corrected chi connectivity index (χ3v) is 4.84.